The molecule has 2 rings (SSSR count). The Morgan fingerprint density at radius 1 is 1.24 bits per heavy atom. The molecule has 0 bridgehead atoms. The third-order valence-corrected chi connectivity index (χ3v) is 2.18. The highest BCUT2D eigenvalue weighted by Gasteiger charge is 2.06. The van der Waals surface area contributed by atoms with E-state index in [-0.39, 0.29) is 5.69 Å². The van der Waals surface area contributed by atoms with Gasteiger partial charge in [0.1, 0.15) is 5.69 Å². The van der Waals surface area contributed by atoms with Crippen LogP contribution in [0.2, 0.25) is 0 Å². The van der Waals surface area contributed by atoms with E-state index in [0.29, 0.717) is 11.4 Å². The lowest BCUT2D eigenvalue weighted by molar-refractivity contribution is 0.0995. The Bertz CT molecular complexity index is 599. The van der Waals surface area contributed by atoms with Crippen LogP contribution in [-0.4, -0.2) is 15.9 Å². The summed E-state index contributed by atoms with van der Waals surface area (Å²) >= 11 is 0. The van der Waals surface area contributed by atoms with Crippen molar-refractivity contribution in [3.63, 3.8) is 0 Å². The van der Waals surface area contributed by atoms with Crippen molar-refractivity contribution in [2.45, 2.75) is 0 Å². The first kappa shape index (κ1) is 10.8. The maximum absolute atomic E-state index is 11.0. The zero-order chi connectivity index (χ0) is 12.3. The van der Waals surface area contributed by atoms with Gasteiger partial charge in [0, 0.05) is 11.8 Å². The number of nitrogens with two attached hydrogens (primary N) is 1. The fourth-order valence-corrected chi connectivity index (χ4v) is 1.33. The quantitative estimate of drug-likeness (QED) is 0.826. The number of rotatable bonds is 2. The molecule has 82 valence electrons. The molecular weight excluding hydrogens is 216 g/mol. The molecular formula is C12H8N4O. The summed E-state index contributed by atoms with van der Waals surface area (Å²) in [6.07, 6.45) is 1.47. The summed E-state index contributed by atoms with van der Waals surface area (Å²) in [5, 5.41) is 8.67. The van der Waals surface area contributed by atoms with Crippen molar-refractivity contribution in [3.8, 4) is 17.5 Å². The largest absolute Gasteiger partial charge is 0.364 e. The van der Waals surface area contributed by atoms with E-state index in [2.05, 4.69) is 9.97 Å². The lowest BCUT2D eigenvalue weighted by Gasteiger charge is -2.01. The zero-order valence-electron chi connectivity index (χ0n) is 8.79. The second-order valence-electron chi connectivity index (χ2n) is 3.32. The number of benzene rings is 1. The van der Waals surface area contributed by atoms with Crippen LogP contribution >= 0.6 is 0 Å². The van der Waals surface area contributed by atoms with Gasteiger partial charge in [-0.25, -0.2) is 9.97 Å². The number of primary amides is 1. The minimum Gasteiger partial charge on any atom is -0.364 e. The molecule has 2 aromatic rings. The van der Waals surface area contributed by atoms with Crippen LogP contribution in [0.5, 0.6) is 0 Å². The molecule has 0 aliphatic rings. The fraction of sp³-hybridized carbons (Fsp3) is 0. The SMILES string of the molecule is N#Cc1ccc(-c2nccc(C(N)=O)n2)cc1. The monoisotopic (exact) mass is 224 g/mol. The van der Waals surface area contributed by atoms with Crippen molar-refractivity contribution in [2.24, 2.45) is 5.73 Å². The molecule has 5 heteroatoms. The van der Waals surface area contributed by atoms with Gasteiger partial charge < -0.3 is 5.73 Å². The molecule has 0 atom stereocenters. The molecule has 0 unspecified atom stereocenters. The average Bonchev–Trinajstić information content (AvgIpc) is 2.39. The first-order valence-electron chi connectivity index (χ1n) is 4.84. The number of amides is 1. The van der Waals surface area contributed by atoms with Gasteiger partial charge in [-0.1, -0.05) is 0 Å². The highest BCUT2D eigenvalue weighted by molar-refractivity contribution is 5.91. The average molecular weight is 224 g/mol. The van der Waals surface area contributed by atoms with Gasteiger partial charge in [0.15, 0.2) is 5.82 Å². The summed E-state index contributed by atoms with van der Waals surface area (Å²) in [6.45, 7) is 0. The Labute approximate surface area is 97.6 Å². The van der Waals surface area contributed by atoms with Crippen LogP contribution in [0.25, 0.3) is 11.4 Å². The summed E-state index contributed by atoms with van der Waals surface area (Å²) < 4.78 is 0. The first-order valence-corrected chi connectivity index (χ1v) is 4.84. The maximum atomic E-state index is 11.0. The second kappa shape index (κ2) is 4.41. The highest BCUT2D eigenvalue weighted by atomic mass is 16.1. The van der Waals surface area contributed by atoms with Crippen LogP contribution in [0.1, 0.15) is 16.1 Å². The smallest absolute Gasteiger partial charge is 0.267 e. The molecule has 1 amide bonds. The van der Waals surface area contributed by atoms with Crippen molar-refractivity contribution in [3.05, 3.63) is 47.8 Å². The van der Waals surface area contributed by atoms with E-state index in [1.807, 2.05) is 6.07 Å². The Kier molecular flexibility index (Phi) is 2.79. The molecule has 1 heterocycles. The van der Waals surface area contributed by atoms with Gasteiger partial charge in [0.05, 0.1) is 11.6 Å². The Hall–Kier alpha value is -2.74. The molecule has 0 fully saturated rings. The highest BCUT2D eigenvalue weighted by Crippen LogP contribution is 2.15. The second-order valence-corrected chi connectivity index (χ2v) is 3.32. The van der Waals surface area contributed by atoms with Gasteiger partial charge in [-0.05, 0) is 30.3 Å². The van der Waals surface area contributed by atoms with Crippen molar-refractivity contribution in [1.29, 1.82) is 5.26 Å². The van der Waals surface area contributed by atoms with E-state index in [1.54, 1.807) is 24.3 Å². The van der Waals surface area contributed by atoms with Gasteiger partial charge in [0.2, 0.25) is 0 Å². The maximum Gasteiger partial charge on any atom is 0.267 e. The molecule has 17 heavy (non-hydrogen) atoms. The third kappa shape index (κ3) is 2.26. The zero-order valence-corrected chi connectivity index (χ0v) is 8.79. The molecule has 0 radical (unpaired) electrons. The van der Waals surface area contributed by atoms with E-state index in [0.717, 1.165) is 5.56 Å². The summed E-state index contributed by atoms with van der Waals surface area (Å²) in [5.74, 6) is -0.187. The normalized spacial score (nSPS) is 9.59. The van der Waals surface area contributed by atoms with Gasteiger partial charge >= 0.3 is 0 Å². The number of carbonyl (C=O) groups is 1. The van der Waals surface area contributed by atoms with Gasteiger partial charge in [-0.3, -0.25) is 4.79 Å². The van der Waals surface area contributed by atoms with Crippen LogP contribution in [0, 0.1) is 11.3 Å². The van der Waals surface area contributed by atoms with Gasteiger partial charge in [0.25, 0.3) is 5.91 Å². The minimum atomic E-state index is -0.595. The molecule has 0 aliphatic carbocycles. The van der Waals surface area contributed by atoms with Gasteiger partial charge in [-0.15, -0.1) is 0 Å². The van der Waals surface area contributed by atoms with Gasteiger partial charge in [-0.2, -0.15) is 5.26 Å². The van der Waals surface area contributed by atoms with Crippen LogP contribution in [0.4, 0.5) is 0 Å². The minimum absolute atomic E-state index is 0.166. The fourth-order valence-electron chi connectivity index (χ4n) is 1.33. The van der Waals surface area contributed by atoms with Crippen molar-refractivity contribution < 1.29 is 4.79 Å². The van der Waals surface area contributed by atoms with E-state index in [1.165, 1.54) is 12.3 Å². The number of nitriles is 1. The predicted octanol–water partition coefficient (Wildman–Crippen LogP) is 1.11. The third-order valence-electron chi connectivity index (χ3n) is 2.18. The molecule has 0 spiro atoms. The molecule has 0 saturated heterocycles. The molecule has 5 nitrogen and oxygen atoms in total. The summed E-state index contributed by atoms with van der Waals surface area (Å²) in [6, 6.07) is 10.2. The predicted molar refractivity (Wildman–Crippen MR) is 60.7 cm³/mol. The summed E-state index contributed by atoms with van der Waals surface area (Å²) in [5.41, 5.74) is 6.58. The van der Waals surface area contributed by atoms with Crippen LogP contribution in [0.15, 0.2) is 36.5 Å². The van der Waals surface area contributed by atoms with Crippen molar-refractivity contribution in [2.75, 3.05) is 0 Å². The molecule has 1 aromatic heterocycles. The van der Waals surface area contributed by atoms with E-state index in [4.69, 9.17) is 11.0 Å². The van der Waals surface area contributed by atoms with Crippen LogP contribution in [-0.2, 0) is 0 Å². The lowest BCUT2D eigenvalue weighted by Crippen LogP contribution is -2.13. The number of aromatic nitrogens is 2. The Balaban J connectivity index is 2.42. The Morgan fingerprint density at radius 3 is 2.53 bits per heavy atom. The number of hydrogen-bond donors (Lipinski definition) is 1. The standard InChI is InChI=1S/C12H8N4O/c13-7-8-1-3-9(4-2-8)12-15-6-5-10(16-12)11(14)17/h1-6H,(H2,14,17). The molecule has 2 N–H and O–H groups in total. The summed E-state index contributed by atoms with van der Waals surface area (Å²) in [4.78, 5) is 19.0. The number of hydrogen-bond acceptors (Lipinski definition) is 4. The van der Waals surface area contributed by atoms with E-state index >= 15 is 0 Å². The first-order chi connectivity index (χ1) is 8.20. The van der Waals surface area contributed by atoms with Crippen molar-refractivity contribution >= 4 is 5.91 Å². The van der Waals surface area contributed by atoms with E-state index in [9.17, 15) is 4.79 Å². The summed E-state index contributed by atoms with van der Waals surface area (Å²) in [7, 11) is 0. The molecule has 0 aliphatic heterocycles. The molecule has 1 aromatic carbocycles. The Morgan fingerprint density at radius 2 is 1.94 bits per heavy atom. The molecule has 0 saturated carbocycles. The van der Waals surface area contributed by atoms with Crippen molar-refractivity contribution in [1.82, 2.24) is 9.97 Å². The number of carbonyl (C=O) groups excluding carboxylic acids is 1. The number of nitrogens with zero attached hydrogens (tertiary/aromatic N) is 3. The van der Waals surface area contributed by atoms with Crippen LogP contribution in [0.3, 0.4) is 0 Å². The lowest BCUT2D eigenvalue weighted by atomic mass is 10.1. The topological polar surface area (TPSA) is 92.7 Å². The van der Waals surface area contributed by atoms with E-state index < -0.39 is 5.91 Å². The van der Waals surface area contributed by atoms with Crippen LogP contribution < -0.4 is 5.73 Å².